The van der Waals surface area contributed by atoms with Gasteiger partial charge in [0.2, 0.25) is 0 Å². The number of hydrogen-bond donors (Lipinski definition) is 0. The molecule has 4 saturated carbocycles. The van der Waals surface area contributed by atoms with E-state index >= 15 is 0 Å². The van der Waals surface area contributed by atoms with Crippen molar-refractivity contribution in [2.75, 3.05) is 0 Å². The Morgan fingerprint density at radius 3 is 1.98 bits per heavy atom. The molecule has 0 N–H and O–H groups in total. The van der Waals surface area contributed by atoms with Crippen LogP contribution in [-0.2, 0) is 38.7 Å². The van der Waals surface area contributed by atoms with Crippen LogP contribution in [0.15, 0.2) is 17.0 Å². The molecule has 10 nitrogen and oxygen atoms in total. The second kappa shape index (κ2) is 9.50. The Kier molecular flexibility index (Phi) is 6.40. The van der Waals surface area contributed by atoms with Crippen molar-refractivity contribution in [3.05, 3.63) is 23.3 Å². The topological polar surface area (TPSA) is 145 Å². The maximum Gasteiger partial charge on any atom is 0.318 e. The summed E-state index contributed by atoms with van der Waals surface area (Å²) in [4.78, 5) is 40.1. The van der Waals surface area contributed by atoms with Gasteiger partial charge in [-0.1, -0.05) is 27.7 Å². The van der Waals surface area contributed by atoms with Crippen molar-refractivity contribution in [3.63, 3.8) is 0 Å². The van der Waals surface area contributed by atoms with E-state index < -0.39 is 63.7 Å². The molecule has 4 aliphatic carbocycles. The van der Waals surface area contributed by atoms with Crippen LogP contribution in [-0.4, -0.2) is 55.3 Å². The first-order valence-electron chi connectivity index (χ1n) is 15.2. The fraction of sp³-hybridized carbons (Fsp3) is 0.710. The first kappa shape index (κ1) is 28.3. The highest BCUT2D eigenvalue weighted by Crippen LogP contribution is 2.61. The summed E-state index contributed by atoms with van der Waals surface area (Å²) in [5, 5.41) is 0. The average Bonchev–Trinajstić information content (AvgIpc) is 3.50. The molecule has 0 spiro atoms. The minimum Gasteiger partial charge on any atom is -0.744 e. The van der Waals surface area contributed by atoms with E-state index in [1.807, 2.05) is 0 Å². The molecule has 1 aromatic rings. The number of hydrogen-bond acceptors (Lipinski definition) is 10. The fourth-order valence-electron chi connectivity index (χ4n) is 9.38. The Morgan fingerprint density at radius 1 is 0.929 bits per heavy atom. The quantitative estimate of drug-likeness (QED) is 0.257. The van der Waals surface area contributed by atoms with Gasteiger partial charge in [-0.05, 0) is 91.4 Å². The molecule has 7 aliphatic rings. The van der Waals surface area contributed by atoms with E-state index in [0.29, 0.717) is 17.8 Å². The van der Waals surface area contributed by atoms with Crippen LogP contribution in [0.1, 0.15) is 89.2 Å². The normalized spacial score (nSPS) is 39.3. The van der Waals surface area contributed by atoms with E-state index in [-0.39, 0.29) is 39.6 Å². The first-order valence-corrected chi connectivity index (χ1v) is 16.6. The van der Waals surface area contributed by atoms with Gasteiger partial charge in [0, 0.05) is 0 Å². The third-order valence-electron chi connectivity index (χ3n) is 10.7. The molecule has 42 heavy (non-hydrogen) atoms. The monoisotopic (exact) mass is 601 g/mol. The molecule has 1 aromatic carbocycles. The van der Waals surface area contributed by atoms with Crippen molar-refractivity contribution in [1.82, 2.24) is 0 Å². The number of esters is 3. The Hall–Kier alpha value is -2.50. The van der Waals surface area contributed by atoms with Crippen LogP contribution in [0.2, 0.25) is 0 Å². The van der Waals surface area contributed by atoms with Crippen molar-refractivity contribution in [2.24, 2.45) is 35.0 Å². The maximum atomic E-state index is 13.8. The number of rotatable bonds is 7. The minimum absolute atomic E-state index is 0.0765. The summed E-state index contributed by atoms with van der Waals surface area (Å²) in [6.45, 7) is 7.00. The van der Waals surface area contributed by atoms with E-state index in [1.54, 1.807) is 27.7 Å². The molecule has 3 saturated heterocycles. The van der Waals surface area contributed by atoms with Gasteiger partial charge in [-0.25, -0.2) is 8.42 Å². The Balaban J connectivity index is 1.15. The van der Waals surface area contributed by atoms with Gasteiger partial charge < -0.3 is 23.5 Å². The summed E-state index contributed by atoms with van der Waals surface area (Å²) in [5.74, 6) is -2.50. The lowest BCUT2D eigenvalue weighted by Gasteiger charge is -2.55. The second-order valence-electron chi connectivity index (χ2n) is 14.2. The van der Waals surface area contributed by atoms with Crippen LogP contribution in [0.3, 0.4) is 0 Å². The molecule has 228 valence electrons. The van der Waals surface area contributed by atoms with E-state index in [9.17, 15) is 27.4 Å². The van der Waals surface area contributed by atoms with Crippen molar-refractivity contribution < 1.29 is 46.3 Å². The van der Waals surface area contributed by atoms with Gasteiger partial charge in [0.25, 0.3) is 0 Å². The van der Waals surface area contributed by atoms with Gasteiger partial charge in [-0.2, -0.15) is 0 Å². The van der Waals surface area contributed by atoms with Gasteiger partial charge in [0.15, 0.2) is 12.2 Å². The molecule has 6 bridgehead atoms. The first-order chi connectivity index (χ1) is 19.8. The molecule has 0 amide bonds. The van der Waals surface area contributed by atoms with Crippen LogP contribution < -0.4 is 4.74 Å². The number of benzene rings is 1. The minimum atomic E-state index is -4.79. The summed E-state index contributed by atoms with van der Waals surface area (Å²) >= 11 is 0. The summed E-state index contributed by atoms with van der Waals surface area (Å²) in [5.41, 5.74) is -0.00419. The fourth-order valence-corrected chi connectivity index (χ4v) is 10.6. The Morgan fingerprint density at radius 2 is 1.48 bits per heavy atom. The molecule has 6 unspecified atom stereocenters. The van der Waals surface area contributed by atoms with E-state index in [0.717, 1.165) is 19.3 Å². The van der Waals surface area contributed by atoms with Crippen LogP contribution in [0.25, 0.3) is 0 Å². The summed E-state index contributed by atoms with van der Waals surface area (Å²) < 4.78 is 60.2. The van der Waals surface area contributed by atoms with Gasteiger partial charge >= 0.3 is 17.9 Å². The van der Waals surface area contributed by atoms with Gasteiger partial charge in [0.1, 0.15) is 39.9 Å². The van der Waals surface area contributed by atoms with Gasteiger partial charge in [-0.3, -0.25) is 14.4 Å². The highest BCUT2D eigenvalue weighted by atomic mass is 32.2. The summed E-state index contributed by atoms with van der Waals surface area (Å²) in [6.07, 6.45) is 2.75. The number of carbonyl (C=O) groups excluding carboxylic acids is 3. The maximum absolute atomic E-state index is 13.8. The van der Waals surface area contributed by atoms with E-state index in [1.165, 1.54) is 31.4 Å². The van der Waals surface area contributed by atoms with Crippen LogP contribution in [0.4, 0.5) is 0 Å². The van der Waals surface area contributed by atoms with E-state index in [4.69, 9.17) is 18.9 Å². The molecule has 3 heterocycles. The van der Waals surface area contributed by atoms with Crippen LogP contribution in [0, 0.1) is 35.0 Å². The number of fused-ring (bicyclic) bond motifs is 1. The summed E-state index contributed by atoms with van der Waals surface area (Å²) in [7, 11) is -4.79. The van der Waals surface area contributed by atoms with E-state index in [2.05, 4.69) is 0 Å². The molecule has 0 aromatic heterocycles. The molecule has 3 aliphatic heterocycles. The third kappa shape index (κ3) is 4.24. The molecule has 8 rings (SSSR count). The molecule has 6 atom stereocenters. The van der Waals surface area contributed by atoms with Crippen molar-refractivity contribution >= 4 is 28.0 Å². The summed E-state index contributed by atoms with van der Waals surface area (Å²) in [6, 6.07) is 2.79. The lowest BCUT2D eigenvalue weighted by Crippen LogP contribution is -2.54. The zero-order valence-electron chi connectivity index (χ0n) is 24.2. The molecular weight excluding hydrogens is 564 g/mol. The SMILES string of the molecule is CC(C)c1cc(OC(=O)C2C3OC4C(OC(=O)C42)C3OC(=O)C23CC4CC(CC(C4)C2)C3)cc(C(C)C)c1S(=O)(=O)[O-]. The number of ether oxygens (including phenoxy) is 4. The second-order valence-corrected chi connectivity index (χ2v) is 15.5. The zero-order valence-corrected chi connectivity index (χ0v) is 25.1. The Bertz CT molecular complexity index is 1400. The van der Waals surface area contributed by atoms with Crippen molar-refractivity contribution in [3.8, 4) is 5.75 Å². The van der Waals surface area contributed by atoms with Gasteiger partial charge in [0.05, 0.1) is 10.3 Å². The predicted molar refractivity (Wildman–Crippen MR) is 144 cm³/mol. The number of carbonyl (C=O) groups is 3. The lowest BCUT2D eigenvalue weighted by molar-refractivity contribution is -0.185. The highest BCUT2D eigenvalue weighted by Gasteiger charge is 2.72. The van der Waals surface area contributed by atoms with Gasteiger partial charge in [-0.15, -0.1) is 0 Å². The zero-order chi connectivity index (χ0) is 29.9. The van der Waals surface area contributed by atoms with Crippen LogP contribution >= 0.6 is 0 Å². The average molecular weight is 602 g/mol. The smallest absolute Gasteiger partial charge is 0.318 e. The lowest BCUT2D eigenvalue weighted by atomic mass is 9.49. The van der Waals surface area contributed by atoms with Crippen LogP contribution in [0.5, 0.6) is 5.75 Å². The molecule has 0 radical (unpaired) electrons. The molecular formula is C31H37O10S-. The van der Waals surface area contributed by atoms with Crippen molar-refractivity contribution in [2.45, 2.75) is 107 Å². The Labute approximate surface area is 245 Å². The third-order valence-corrected chi connectivity index (χ3v) is 11.7. The molecule has 7 fully saturated rings. The highest BCUT2D eigenvalue weighted by molar-refractivity contribution is 7.85. The molecule has 11 heteroatoms. The largest absolute Gasteiger partial charge is 0.744 e. The van der Waals surface area contributed by atoms with Crippen molar-refractivity contribution in [1.29, 1.82) is 0 Å². The standard InChI is InChI=1S/C31H38O10S/c1-13(2)19-8-18(9-20(14(3)4)27(19)42(35,36)37)38-28(32)21-22-23-25(40-29(22)33)26(24(21)39-23)41-30(34)31-10-15-5-16(11-31)7-17(6-15)12-31/h8-9,13-17,21-26H,5-7,10-12H2,1-4H3,(H,35,36,37)/p-1. The predicted octanol–water partition coefficient (Wildman–Crippen LogP) is 3.81.